The van der Waals surface area contributed by atoms with Crippen LogP contribution in [0.1, 0.15) is 19.3 Å². The SMILES string of the molecule is Cn1nncc1S(=O)(=O)NCC1(N)CCC1. The van der Waals surface area contributed by atoms with Crippen LogP contribution in [0.15, 0.2) is 11.2 Å². The Bertz CT molecular complexity index is 476. The highest BCUT2D eigenvalue weighted by molar-refractivity contribution is 7.89. The van der Waals surface area contributed by atoms with Crippen molar-refractivity contribution in [2.24, 2.45) is 12.8 Å². The van der Waals surface area contributed by atoms with Crippen LogP contribution >= 0.6 is 0 Å². The second-order valence-electron chi connectivity index (χ2n) is 4.24. The molecule has 3 N–H and O–H groups in total. The lowest BCUT2D eigenvalue weighted by Crippen LogP contribution is -2.54. The third kappa shape index (κ3) is 2.08. The van der Waals surface area contributed by atoms with E-state index in [-0.39, 0.29) is 17.1 Å². The predicted molar refractivity (Wildman–Crippen MR) is 57.0 cm³/mol. The zero-order valence-corrected chi connectivity index (χ0v) is 9.87. The first-order chi connectivity index (χ1) is 7.43. The van der Waals surface area contributed by atoms with Crippen LogP contribution in [0.3, 0.4) is 0 Å². The molecule has 0 spiro atoms. The first-order valence-electron chi connectivity index (χ1n) is 5.06. The predicted octanol–water partition coefficient (Wildman–Crippen LogP) is -1.03. The Labute approximate surface area is 94.1 Å². The van der Waals surface area contributed by atoms with Crippen molar-refractivity contribution in [3.63, 3.8) is 0 Å². The van der Waals surface area contributed by atoms with Gasteiger partial charge in [0.05, 0.1) is 6.20 Å². The van der Waals surface area contributed by atoms with E-state index in [1.165, 1.54) is 17.9 Å². The molecule has 8 heteroatoms. The molecule has 0 radical (unpaired) electrons. The number of nitrogens with two attached hydrogens (primary N) is 1. The number of nitrogens with one attached hydrogen (secondary N) is 1. The maximum atomic E-state index is 11.8. The van der Waals surface area contributed by atoms with E-state index in [0.717, 1.165) is 19.3 Å². The minimum Gasteiger partial charge on any atom is -0.324 e. The second-order valence-corrected chi connectivity index (χ2v) is 5.95. The van der Waals surface area contributed by atoms with Crippen LogP contribution in [0.5, 0.6) is 0 Å². The molecule has 1 aromatic heterocycles. The highest BCUT2D eigenvalue weighted by atomic mass is 32.2. The molecule has 0 bridgehead atoms. The van der Waals surface area contributed by atoms with Crippen molar-refractivity contribution in [1.29, 1.82) is 0 Å². The average Bonchev–Trinajstić information content (AvgIpc) is 2.59. The fraction of sp³-hybridized carbons (Fsp3) is 0.750. The molecule has 0 aromatic carbocycles. The standard InChI is InChI=1S/C8H15N5O2S/c1-13-7(5-10-12-13)16(14,15)11-6-8(9)3-2-4-8/h5,11H,2-4,6,9H2,1H3. The molecule has 1 heterocycles. The first kappa shape index (κ1) is 11.5. The summed E-state index contributed by atoms with van der Waals surface area (Å²) in [5.41, 5.74) is 5.56. The molecule has 2 rings (SSSR count). The minimum atomic E-state index is -3.55. The zero-order chi connectivity index (χ0) is 11.8. The Morgan fingerprint density at radius 2 is 2.31 bits per heavy atom. The largest absolute Gasteiger partial charge is 0.324 e. The molecular weight excluding hydrogens is 230 g/mol. The van der Waals surface area contributed by atoms with Crippen LogP contribution in [0, 0.1) is 0 Å². The molecule has 90 valence electrons. The van der Waals surface area contributed by atoms with Gasteiger partial charge in [-0.25, -0.2) is 17.8 Å². The van der Waals surface area contributed by atoms with Gasteiger partial charge in [-0.2, -0.15) is 0 Å². The van der Waals surface area contributed by atoms with Gasteiger partial charge >= 0.3 is 0 Å². The number of aryl methyl sites for hydroxylation is 1. The highest BCUT2D eigenvalue weighted by Crippen LogP contribution is 2.28. The van der Waals surface area contributed by atoms with Gasteiger partial charge in [-0.1, -0.05) is 5.21 Å². The molecule has 0 aliphatic heterocycles. The number of nitrogens with zero attached hydrogens (tertiary/aromatic N) is 3. The van der Waals surface area contributed by atoms with Gasteiger partial charge in [0.1, 0.15) is 0 Å². The van der Waals surface area contributed by atoms with Gasteiger partial charge in [0.25, 0.3) is 10.0 Å². The Kier molecular flexibility index (Phi) is 2.72. The molecule has 0 amide bonds. The fourth-order valence-electron chi connectivity index (χ4n) is 1.64. The van der Waals surface area contributed by atoms with Crippen molar-refractivity contribution >= 4 is 10.0 Å². The Morgan fingerprint density at radius 3 is 2.75 bits per heavy atom. The van der Waals surface area contributed by atoms with E-state index in [0.29, 0.717) is 0 Å². The molecule has 7 nitrogen and oxygen atoms in total. The summed E-state index contributed by atoms with van der Waals surface area (Å²) < 4.78 is 27.4. The molecule has 0 saturated heterocycles. The number of sulfonamides is 1. The van der Waals surface area contributed by atoms with E-state index >= 15 is 0 Å². The number of aromatic nitrogens is 3. The third-order valence-corrected chi connectivity index (χ3v) is 4.36. The summed E-state index contributed by atoms with van der Waals surface area (Å²) in [7, 11) is -2.02. The van der Waals surface area contributed by atoms with Crippen molar-refractivity contribution in [3.8, 4) is 0 Å². The van der Waals surface area contributed by atoms with Gasteiger partial charge in [0, 0.05) is 19.1 Å². The second kappa shape index (κ2) is 3.79. The van der Waals surface area contributed by atoms with E-state index in [2.05, 4.69) is 15.0 Å². The van der Waals surface area contributed by atoms with Crippen LogP contribution in [-0.4, -0.2) is 35.5 Å². The van der Waals surface area contributed by atoms with Crippen molar-refractivity contribution in [1.82, 2.24) is 19.7 Å². The Hall–Kier alpha value is -0.990. The summed E-state index contributed by atoms with van der Waals surface area (Å²) in [5.74, 6) is 0. The number of hydrogen-bond acceptors (Lipinski definition) is 5. The molecule has 0 unspecified atom stereocenters. The summed E-state index contributed by atoms with van der Waals surface area (Å²) in [6.45, 7) is 0.264. The maximum Gasteiger partial charge on any atom is 0.259 e. The van der Waals surface area contributed by atoms with Crippen molar-refractivity contribution < 1.29 is 8.42 Å². The minimum absolute atomic E-state index is 0.0513. The first-order valence-corrected chi connectivity index (χ1v) is 6.55. The molecular formula is C8H15N5O2S. The van der Waals surface area contributed by atoms with Crippen LogP contribution in [-0.2, 0) is 17.1 Å². The zero-order valence-electron chi connectivity index (χ0n) is 9.05. The topological polar surface area (TPSA) is 103 Å². The van der Waals surface area contributed by atoms with Gasteiger partial charge in [-0.15, -0.1) is 5.10 Å². The molecule has 1 aliphatic carbocycles. The van der Waals surface area contributed by atoms with Gasteiger partial charge in [-0.05, 0) is 19.3 Å². The molecule has 1 fully saturated rings. The monoisotopic (exact) mass is 245 g/mol. The fourth-order valence-corrected chi connectivity index (χ4v) is 2.84. The van der Waals surface area contributed by atoms with Crippen LogP contribution in [0.25, 0.3) is 0 Å². The molecule has 1 aromatic rings. The lowest BCUT2D eigenvalue weighted by atomic mass is 9.78. The summed E-state index contributed by atoms with van der Waals surface area (Å²) in [5, 5.41) is 7.16. The normalized spacial score (nSPS) is 19.4. The van der Waals surface area contributed by atoms with Crippen LogP contribution < -0.4 is 10.5 Å². The quantitative estimate of drug-likeness (QED) is 0.706. The smallest absolute Gasteiger partial charge is 0.259 e. The van der Waals surface area contributed by atoms with E-state index in [9.17, 15) is 8.42 Å². The maximum absolute atomic E-state index is 11.8. The van der Waals surface area contributed by atoms with Crippen LogP contribution in [0.4, 0.5) is 0 Å². The summed E-state index contributed by atoms with van der Waals surface area (Å²) in [6.07, 6.45) is 4.00. The molecule has 1 aliphatic rings. The van der Waals surface area contributed by atoms with Crippen molar-refractivity contribution in [3.05, 3.63) is 6.20 Å². The van der Waals surface area contributed by atoms with E-state index in [4.69, 9.17) is 5.73 Å². The molecule has 16 heavy (non-hydrogen) atoms. The Balaban J connectivity index is 2.06. The molecule has 0 atom stereocenters. The van der Waals surface area contributed by atoms with Gasteiger partial charge in [0.15, 0.2) is 5.03 Å². The van der Waals surface area contributed by atoms with Crippen molar-refractivity contribution in [2.45, 2.75) is 29.8 Å². The van der Waals surface area contributed by atoms with E-state index in [1.54, 1.807) is 0 Å². The lowest BCUT2D eigenvalue weighted by molar-refractivity contribution is 0.251. The number of rotatable bonds is 4. The van der Waals surface area contributed by atoms with E-state index in [1.807, 2.05) is 0 Å². The summed E-state index contributed by atoms with van der Waals surface area (Å²) in [4.78, 5) is 0. The summed E-state index contributed by atoms with van der Waals surface area (Å²) >= 11 is 0. The number of hydrogen-bond donors (Lipinski definition) is 2. The molecule has 1 saturated carbocycles. The third-order valence-electron chi connectivity index (χ3n) is 2.91. The van der Waals surface area contributed by atoms with Crippen molar-refractivity contribution in [2.75, 3.05) is 6.54 Å². The van der Waals surface area contributed by atoms with Gasteiger partial charge in [0.2, 0.25) is 0 Å². The van der Waals surface area contributed by atoms with Gasteiger partial charge in [-0.3, -0.25) is 0 Å². The van der Waals surface area contributed by atoms with Crippen LogP contribution in [0.2, 0.25) is 0 Å². The van der Waals surface area contributed by atoms with Gasteiger partial charge < -0.3 is 5.73 Å². The average molecular weight is 245 g/mol. The Morgan fingerprint density at radius 1 is 1.62 bits per heavy atom. The summed E-state index contributed by atoms with van der Waals surface area (Å²) in [6, 6.07) is 0. The lowest BCUT2D eigenvalue weighted by Gasteiger charge is -2.37. The highest BCUT2D eigenvalue weighted by Gasteiger charge is 2.34. The van der Waals surface area contributed by atoms with E-state index < -0.39 is 10.0 Å².